The number of cyclic esters (lactones) is 1. The number of hydrogen-bond acceptors (Lipinski definition) is 10. The summed E-state index contributed by atoms with van der Waals surface area (Å²) < 4.78 is 24.4. The van der Waals surface area contributed by atoms with Crippen molar-refractivity contribution in [2.24, 2.45) is 17.8 Å². The summed E-state index contributed by atoms with van der Waals surface area (Å²) in [5.41, 5.74) is -0.892. The summed E-state index contributed by atoms with van der Waals surface area (Å²) in [7, 11) is 11.8. The van der Waals surface area contributed by atoms with E-state index < -0.39 is 41.9 Å². The van der Waals surface area contributed by atoms with Crippen LogP contribution in [-0.4, -0.2) is 136 Å². The van der Waals surface area contributed by atoms with Crippen molar-refractivity contribution in [2.45, 2.75) is 109 Å². The van der Waals surface area contributed by atoms with Gasteiger partial charge in [-0.25, -0.2) is 0 Å². The topological polar surface area (TPSA) is 101 Å². The molecule has 2 aliphatic heterocycles. The van der Waals surface area contributed by atoms with E-state index in [1.807, 2.05) is 32.8 Å². The maximum atomic E-state index is 13.8. The predicted octanol–water partition coefficient (Wildman–Crippen LogP) is 2.66. The first-order valence-corrected chi connectivity index (χ1v) is 15.4. The molecule has 0 aliphatic carbocycles. The molecular weight excluding hydrogens is 526 g/mol. The summed E-state index contributed by atoms with van der Waals surface area (Å²) in [5.74, 6) is -2.24. The number of ether oxygens (including phenoxy) is 4. The molecule has 0 amide bonds. The van der Waals surface area contributed by atoms with E-state index in [9.17, 15) is 14.7 Å². The SMILES string of the molecule is CO[C@]1(C)C[C@@H](C)CN(C)CCC(N(C)C)CCCOC(=O)C(C)C(=O)[C@H](C)[C@H]1O[C@@H]1O[C@H](C)CC(N(C)C)[C@H]1O. The summed E-state index contributed by atoms with van der Waals surface area (Å²) in [4.78, 5) is 33.3. The number of ketones is 1. The van der Waals surface area contributed by atoms with E-state index in [1.54, 1.807) is 21.0 Å². The number of aliphatic hydroxyl groups is 1. The number of rotatable bonds is 5. The van der Waals surface area contributed by atoms with Crippen LogP contribution >= 0.6 is 0 Å². The van der Waals surface area contributed by atoms with Gasteiger partial charge >= 0.3 is 5.97 Å². The van der Waals surface area contributed by atoms with Crippen LogP contribution in [0, 0.1) is 17.8 Å². The van der Waals surface area contributed by atoms with Crippen LogP contribution < -0.4 is 0 Å². The number of aliphatic hydroxyl groups excluding tert-OH is 1. The minimum atomic E-state index is -0.952. The molecule has 2 rings (SSSR count). The predicted molar refractivity (Wildman–Crippen MR) is 160 cm³/mol. The summed E-state index contributed by atoms with van der Waals surface area (Å²) in [6, 6.07) is 0.213. The third-order valence-electron chi connectivity index (χ3n) is 9.19. The molecule has 2 fully saturated rings. The van der Waals surface area contributed by atoms with Gasteiger partial charge in [0.05, 0.1) is 24.4 Å². The number of nitrogens with zero attached hydrogens (tertiary/aromatic N) is 3. The van der Waals surface area contributed by atoms with Crippen molar-refractivity contribution >= 4 is 11.8 Å². The van der Waals surface area contributed by atoms with Crippen molar-refractivity contribution in [1.82, 2.24) is 14.7 Å². The van der Waals surface area contributed by atoms with E-state index in [2.05, 4.69) is 37.9 Å². The lowest BCUT2D eigenvalue weighted by molar-refractivity contribution is -0.295. The molecule has 0 bridgehead atoms. The molecule has 2 aliphatic rings. The summed E-state index contributed by atoms with van der Waals surface area (Å²) in [5, 5.41) is 11.2. The van der Waals surface area contributed by atoms with Crippen LogP contribution in [0.1, 0.15) is 66.7 Å². The molecule has 0 saturated carbocycles. The highest BCUT2D eigenvalue weighted by Gasteiger charge is 2.48. The van der Waals surface area contributed by atoms with Gasteiger partial charge in [0.1, 0.15) is 12.0 Å². The first kappa shape index (κ1) is 36.1. The Morgan fingerprint density at radius 2 is 1.71 bits per heavy atom. The monoisotopic (exact) mass is 585 g/mol. The van der Waals surface area contributed by atoms with Gasteiger partial charge in [-0.2, -0.15) is 0 Å². The van der Waals surface area contributed by atoms with Crippen molar-refractivity contribution in [1.29, 1.82) is 0 Å². The second-order valence-corrected chi connectivity index (χ2v) is 13.3. The van der Waals surface area contributed by atoms with Crippen molar-refractivity contribution in [3.05, 3.63) is 0 Å². The number of Topliss-reactive ketones (excluding diaryl/α,β-unsaturated/α-hetero) is 1. The standard InChI is InChI=1S/C31H59N3O7/c1-20-18-31(5,38-11)28(41-30-27(36)25(33(8)9)17-21(2)40-30)22(3)26(35)23(4)29(37)39-16-12-13-24(32(6)7)14-15-34(10)19-20/h20-25,27-28,30,36H,12-19H2,1-11H3/t20-,21-,22+,23?,24?,25?,27-,28-,30+,31-/m1/s1. The Balaban J connectivity index is 2.43. The zero-order chi connectivity index (χ0) is 31.1. The molecule has 10 atom stereocenters. The molecule has 2 heterocycles. The third-order valence-corrected chi connectivity index (χ3v) is 9.19. The van der Waals surface area contributed by atoms with Crippen LogP contribution in [0.3, 0.4) is 0 Å². The number of esters is 1. The Morgan fingerprint density at radius 1 is 1.05 bits per heavy atom. The molecule has 41 heavy (non-hydrogen) atoms. The minimum absolute atomic E-state index is 0.141. The lowest BCUT2D eigenvalue weighted by Gasteiger charge is -2.46. The first-order chi connectivity index (χ1) is 19.1. The quantitative estimate of drug-likeness (QED) is 0.383. The van der Waals surface area contributed by atoms with Gasteiger partial charge in [0.2, 0.25) is 0 Å². The molecule has 10 heteroatoms. The Labute approximate surface area is 249 Å². The average Bonchev–Trinajstić information content (AvgIpc) is 2.90. The lowest BCUT2D eigenvalue weighted by Crippen LogP contribution is -2.59. The number of likely N-dealkylation sites (N-methyl/N-ethyl adjacent to an activating group) is 1. The van der Waals surface area contributed by atoms with Crippen LogP contribution in [0.15, 0.2) is 0 Å². The van der Waals surface area contributed by atoms with Gasteiger partial charge < -0.3 is 38.8 Å². The van der Waals surface area contributed by atoms with Crippen molar-refractivity contribution in [3.8, 4) is 0 Å². The number of carbonyl (C=O) groups is 2. The van der Waals surface area contributed by atoms with Gasteiger partial charge in [-0.3, -0.25) is 9.59 Å². The van der Waals surface area contributed by atoms with Crippen LogP contribution in [0.25, 0.3) is 0 Å². The Morgan fingerprint density at radius 3 is 2.29 bits per heavy atom. The molecular formula is C31H59N3O7. The fourth-order valence-electron chi connectivity index (χ4n) is 6.59. The Kier molecular flexibility index (Phi) is 14.1. The fourth-order valence-corrected chi connectivity index (χ4v) is 6.59. The fraction of sp³-hybridized carbons (Fsp3) is 0.935. The lowest BCUT2D eigenvalue weighted by atomic mass is 9.78. The van der Waals surface area contributed by atoms with Crippen LogP contribution in [0.4, 0.5) is 0 Å². The van der Waals surface area contributed by atoms with Crippen LogP contribution in [0.2, 0.25) is 0 Å². The molecule has 0 aromatic carbocycles. The minimum Gasteiger partial charge on any atom is -0.465 e. The number of methoxy groups -OCH3 is 1. The van der Waals surface area contributed by atoms with Gasteiger partial charge in [0, 0.05) is 31.7 Å². The molecule has 3 unspecified atom stereocenters. The number of carbonyl (C=O) groups excluding carboxylic acids is 2. The van der Waals surface area contributed by atoms with Gasteiger partial charge in [0.25, 0.3) is 0 Å². The molecule has 1 N–H and O–H groups in total. The van der Waals surface area contributed by atoms with E-state index in [0.717, 1.165) is 32.4 Å². The smallest absolute Gasteiger partial charge is 0.316 e. The highest BCUT2D eigenvalue weighted by atomic mass is 16.7. The normalized spacial score (nSPS) is 40.0. The second-order valence-electron chi connectivity index (χ2n) is 13.3. The van der Waals surface area contributed by atoms with Crippen molar-refractivity contribution in [3.63, 3.8) is 0 Å². The molecule has 240 valence electrons. The molecule has 10 nitrogen and oxygen atoms in total. The van der Waals surface area contributed by atoms with Gasteiger partial charge in [-0.1, -0.05) is 13.8 Å². The second kappa shape index (κ2) is 16.1. The molecule has 0 spiro atoms. The Hall–Kier alpha value is -1.14. The Bertz CT molecular complexity index is 828. The molecule has 0 radical (unpaired) electrons. The van der Waals surface area contributed by atoms with Crippen LogP contribution in [-0.2, 0) is 28.5 Å². The van der Waals surface area contributed by atoms with E-state index in [0.29, 0.717) is 18.9 Å². The summed E-state index contributed by atoms with van der Waals surface area (Å²) >= 11 is 0. The maximum absolute atomic E-state index is 13.8. The van der Waals surface area contributed by atoms with Crippen molar-refractivity contribution in [2.75, 3.05) is 62.0 Å². The molecule has 0 aromatic rings. The number of hydrogen-bond donors (Lipinski definition) is 1. The van der Waals surface area contributed by atoms with Gasteiger partial charge in [-0.15, -0.1) is 0 Å². The van der Waals surface area contributed by atoms with E-state index in [4.69, 9.17) is 18.9 Å². The summed E-state index contributed by atoms with van der Waals surface area (Å²) in [6.45, 7) is 11.6. The molecule has 2 saturated heterocycles. The van der Waals surface area contributed by atoms with E-state index in [-0.39, 0.29) is 30.5 Å². The highest BCUT2D eigenvalue weighted by Crippen LogP contribution is 2.36. The maximum Gasteiger partial charge on any atom is 0.316 e. The largest absolute Gasteiger partial charge is 0.465 e. The average molecular weight is 586 g/mol. The van der Waals surface area contributed by atoms with Gasteiger partial charge in [-0.05, 0) is 101 Å². The zero-order valence-electron chi connectivity index (χ0n) is 27.6. The van der Waals surface area contributed by atoms with Crippen molar-refractivity contribution < 1.29 is 33.6 Å². The third kappa shape index (κ3) is 9.95. The first-order valence-electron chi connectivity index (χ1n) is 15.4. The van der Waals surface area contributed by atoms with Gasteiger partial charge in [0.15, 0.2) is 12.1 Å². The van der Waals surface area contributed by atoms with Crippen LogP contribution in [0.5, 0.6) is 0 Å². The highest BCUT2D eigenvalue weighted by molar-refractivity contribution is 5.99. The van der Waals surface area contributed by atoms with E-state index in [1.165, 1.54) is 0 Å². The summed E-state index contributed by atoms with van der Waals surface area (Å²) in [6.07, 6.45) is 1.16. The zero-order valence-corrected chi connectivity index (χ0v) is 27.6. The molecule has 0 aromatic heterocycles. The van der Waals surface area contributed by atoms with E-state index >= 15 is 0 Å².